The first-order valence-corrected chi connectivity index (χ1v) is 6.57. The molecule has 0 saturated heterocycles. The second-order valence-electron chi connectivity index (χ2n) is 5.15. The van der Waals surface area contributed by atoms with Crippen LogP contribution in [0.15, 0.2) is 18.2 Å². The first-order valence-electron chi connectivity index (χ1n) is 6.57. The monoisotopic (exact) mass is 260 g/mol. The zero-order chi connectivity index (χ0) is 13.4. The van der Waals surface area contributed by atoms with E-state index in [0.717, 1.165) is 42.2 Å². The molecule has 1 atom stereocenters. The van der Waals surface area contributed by atoms with E-state index in [1.54, 1.807) is 6.07 Å². The second kappa shape index (κ2) is 4.74. The molecule has 0 spiro atoms. The van der Waals surface area contributed by atoms with Gasteiger partial charge in [-0.15, -0.1) is 10.2 Å². The molecule has 1 aliphatic rings. The summed E-state index contributed by atoms with van der Waals surface area (Å²) in [4.78, 5) is 0. The molecule has 2 N–H and O–H groups in total. The lowest BCUT2D eigenvalue weighted by Crippen LogP contribution is -2.25. The predicted molar refractivity (Wildman–Crippen MR) is 71.0 cm³/mol. The Morgan fingerprint density at radius 2 is 2.26 bits per heavy atom. The molecule has 1 aromatic carbocycles. The lowest BCUT2D eigenvalue weighted by Gasteiger charge is -2.22. The number of rotatable bonds is 2. The summed E-state index contributed by atoms with van der Waals surface area (Å²) in [6, 6.07) is 4.77. The average molecular weight is 260 g/mol. The van der Waals surface area contributed by atoms with Gasteiger partial charge < -0.3 is 10.3 Å². The van der Waals surface area contributed by atoms with E-state index in [1.807, 2.05) is 6.92 Å². The van der Waals surface area contributed by atoms with Crippen molar-refractivity contribution in [1.29, 1.82) is 0 Å². The molecule has 100 valence electrons. The SMILES string of the molecule is Cc1cc(F)ccc1-c1nnc2n1CCC(CN)C2. The van der Waals surface area contributed by atoms with Gasteiger partial charge in [-0.1, -0.05) is 0 Å². The molecular weight excluding hydrogens is 243 g/mol. The molecule has 1 unspecified atom stereocenters. The molecule has 0 fully saturated rings. The van der Waals surface area contributed by atoms with E-state index >= 15 is 0 Å². The molecule has 2 heterocycles. The third-order valence-corrected chi connectivity index (χ3v) is 3.82. The maximum atomic E-state index is 13.2. The van der Waals surface area contributed by atoms with Gasteiger partial charge in [-0.2, -0.15) is 0 Å². The zero-order valence-corrected chi connectivity index (χ0v) is 10.9. The van der Waals surface area contributed by atoms with Gasteiger partial charge in [0.2, 0.25) is 0 Å². The fourth-order valence-corrected chi connectivity index (χ4v) is 2.67. The number of aryl methyl sites for hydroxylation is 1. The molecule has 5 heteroatoms. The molecule has 2 aromatic rings. The summed E-state index contributed by atoms with van der Waals surface area (Å²) < 4.78 is 15.3. The van der Waals surface area contributed by atoms with Gasteiger partial charge in [-0.25, -0.2) is 4.39 Å². The van der Waals surface area contributed by atoms with Crippen LogP contribution >= 0.6 is 0 Å². The van der Waals surface area contributed by atoms with E-state index in [9.17, 15) is 4.39 Å². The summed E-state index contributed by atoms with van der Waals surface area (Å²) >= 11 is 0. The van der Waals surface area contributed by atoms with Crippen LogP contribution in [0.5, 0.6) is 0 Å². The van der Waals surface area contributed by atoms with E-state index in [2.05, 4.69) is 14.8 Å². The summed E-state index contributed by atoms with van der Waals surface area (Å²) in [5.74, 6) is 2.10. The Morgan fingerprint density at radius 3 is 3.00 bits per heavy atom. The van der Waals surface area contributed by atoms with Crippen LogP contribution in [0.1, 0.15) is 17.8 Å². The zero-order valence-electron chi connectivity index (χ0n) is 10.9. The Bertz CT molecular complexity index is 605. The van der Waals surface area contributed by atoms with Crippen LogP contribution < -0.4 is 5.73 Å². The van der Waals surface area contributed by atoms with E-state index in [4.69, 9.17) is 5.73 Å². The van der Waals surface area contributed by atoms with Gasteiger partial charge in [0, 0.05) is 18.5 Å². The van der Waals surface area contributed by atoms with Crippen molar-refractivity contribution in [1.82, 2.24) is 14.8 Å². The third kappa shape index (κ3) is 2.14. The largest absolute Gasteiger partial charge is 0.330 e. The lowest BCUT2D eigenvalue weighted by atomic mass is 9.97. The minimum Gasteiger partial charge on any atom is -0.330 e. The molecule has 0 radical (unpaired) electrons. The van der Waals surface area contributed by atoms with Crippen LogP contribution in [0.3, 0.4) is 0 Å². The molecule has 19 heavy (non-hydrogen) atoms. The molecule has 0 bridgehead atoms. The van der Waals surface area contributed by atoms with Crippen LogP contribution in [0, 0.1) is 18.7 Å². The van der Waals surface area contributed by atoms with Gasteiger partial charge in [-0.05, 0) is 49.6 Å². The van der Waals surface area contributed by atoms with E-state index in [1.165, 1.54) is 12.1 Å². The van der Waals surface area contributed by atoms with Crippen molar-refractivity contribution in [2.75, 3.05) is 6.54 Å². The van der Waals surface area contributed by atoms with E-state index < -0.39 is 0 Å². The van der Waals surface area contributed by atoms with Gasteiger partial charge in [0.1, 0.15) is 11.6 Å². The highest BCUT2D eigenvalue weighted by Gasteiger charge is 2.23. The standard InChI is InChI=1S/C14H17FN4/c1-9-6-11(15)2-3-12(9)14-18-17-13-7-10(8-16)4-5-19(13)14/h2-3,6,10H,4-5,7-8,16H2,1H3. The van der Waals surface area contributed by atoms with Gasteiger partial charge >= 0.3 is 0 Å². The highest BCUT2D eigenvalue weighted by atomic mass is 19.1. The van der Waals surface area contributed by atoms with Gasteiger partial charge in [0.15, 0.2) is 5.82 Å². The number of hydrogen-bond acceptors (Lipinski definition) is 3. The second-order valence-corrected chi connectivity index (χ2v) is 5.15. The first kappa shape index (κ1) is 12.3. The molecule has 1 aromatic heterocycles. The number of hydrogen-bond donors (Lipinski definition) is 1. The first-order chi connectivity index (χ1) is 9.19. The minimum atomic E-state index is -0.220. The van der Waals surface area contributed by atoms with Crippen molar-refractivity contribution in [2.24, 2.45) is 11.7 Å². The Balaban J connectivity index is 2.01. The average Bonchev–Trinajstić information content (AvgIpc) is 2.81. The molecule has 4 nitrogen and oxygen atoms in total. The summed E-state index contributed by atoms with van der Waals surface area (Å²) in [5, 5.41) is 8.54. The van der Waals surface area contributed by atoms with Crippen LogP contribution in [0.25, 0.3) is 11.4 Å². The number of fused-ring (bicyclic) bond motifs is 1. The highest BCUT2D eigenvalue weighted by Crippen LogP contribution is 2.27. The van der Waals surface area contributed by atoms with Crippen LogP contribution in [-0.4, -0.2) is 21.3 Å². The maximum Gasteiger partial charge on any atom is 0.164 e. The summed E-state index contributed by atoms with van der Waals surface area (Å²) in [7, 11) is 0. The van der Waals surface area contributed by atoms with Crippen LogP contribution in [-0.2, 0) is 13.0 Å². The summed E-state index contributed by atoms with van der Waals surface area (Å²) in [6.07, 6.45) is 1.93. The maximum absolute atomic E-state index is 13.2. The molecule has 3 rings (SSSR count). The van der Waals surface area contributed by atoms with Crippen LogP contribution in [0.4, 0.5) is 4.39 Å². The van der Waals surface area contributed by atoms with Crippen molar-refractivity contribution in [3.05, 3.63) is 35.4 Å². The lowest BCUT2D eigenvalue weighted by molar-refractivity contribution is 0.391. The van der Waals surface area contributed by atoms with Gasteiger partial charge in [-0.3, -0.25) is 0 Å². The smallest absolute Gasteiger partial charge is 0.164 e. The highest BCUT2D eigenvalue weighted by molar-refractivity contribution is 5.60. The Kier molecular flexibility index (Phi) is 3.06. The fraction of sp³-hybridized carbons (Fsp3) is 0.429. The van der Waals surface area contributed by atoms with Gasteiger partial charge in [0.05, 0.1) is 0 Å². The third-order valence-electron chi connectivity index (χ3n) is 3.82. The molecular formula is C14H17FN4. The Morgan fingerprint density at radius 1 is 1.42 bits per heavy atom. The van der Waals surface area contributed by atoms with Crippen molar-refractivity contribution < 1.29 is 4.39 Å². The van der Waals surface area contributed by atoms with Crippen molar-refractivity contribution in [3.63, 3.8) is 0 Å². The molecule has 1 aliphatic heterocycles. The van der Waals surface area contributed by atoms with Crippen molar-refractivity contribution in [2.45, 2.75) is 26.3 Å². The summed E-state index contributed by atoms with van der Waals surface area (Å²) in [6.45, 7) is 3.47. The normalized spacial score (nSPS) is 18.4. The minimum absolute atomic E-state index is 0.220. The number of nitrogens with two attached hydrogens (primary N) is 1. The van der Waals surface area contributed by atoms with Crippen LogP contribution in [0.2, 0.25) is 0 Å². The fourth-order valence-electron chi connectivity index (χ4n) is 2.67. The van der Waals surface area contributed by atoms with Gasteiger partial charge in [0.25, 0.3) is 0 Å². The topological polar surface area (TPSA) is 56.7 Å². The number of halogens is 1. The Hall–Kier alpha value is -1.75. The molecule has 0 saturated carbocycles. The van der Waals surface area contributed by atoms with E-state index in [0.29, 0.717) is 12.5 Å². The predicted octanol–water partition coefficient (Wildman–Crippen LogP) is 1.91. The van der Waals surface area contributed by atoms with Crippen molar-refractivity contribution >= 4 is 0 Å². The number of benzene rings is 1. The molecule has 0 aliphatic carbocycles. The number of aromatic nitrogens is 3. The van der Waals surface area contributed by atoms with E-state index in [-0.39, 0.29) is 5.82 Å². The number of nitrogens with zero attached hydrogens (tertiary/aromatic N) is 3. The quantitative estimate of drug-likeness (QED) is 0.897. The summed E-state index contributed by atoms with van der Waals surface area (Å²) in [5.41, 5.74) is 7.56. The Labute approximate surface area is 111 Å². The molecule has 0 amide bonds. The van der Waals surface area contributed by atoms with Crippen molar-refractivity contribution in [3.8, 4) is 11.4 Å².